The summed E-state index contributed by atoms with van der Waals surface area (Å²) in [7, 11) is 0. The average molecular weight is 253 g/mol. The van der Waals surface area contributed by atoms with E-state index in [1.807, 2.05) is 6.07 Å². The van der Waals surface area contributed by atoms with E-state index in [4.69, 9.17) is 5.73 Å². The predicted octanol–water partition coefficient (Wildman–Crippen LogP) is 1.23. The van der Waals surface area contributed by atoms with Gasteiger partial charge in [0.05, 0.1) is 11.6 Å². The van der Waals surface area contributed by atoms with Crippen molar-refractivity contribution in [3.05, 3.63) is 35.9 Å². The molecule has 0 aliphatic carbocycles. The summed E-state index contributed by atoms with van der Waals surface area (Å²) in [6, 6.07) is 3.52. The normalized spacial score (nSPS) is 32.8. The fourth-order valence-corrected chi connectivity index (χ4v) is 3.09. The monoisotopic (exact) mass is 253 g/mol. The minimum Gasteiger partial charge on any atom is -0.351 e. The van der Waals surface area contributed by atoms with Crippen LogP contribution in [0, 0.1) is 0 Å². The zero-order valence-corrected chi connectivity index (χ0v) is 9.57. The molecule has 3 N–H and O–H groups in total. The number of piperazine rings is 1. The van der Waals surface area contributed by atoms with Gasteiger partial charge in [0.25, 0.3) is 0 Å². The Balaban J connectivity index is 2.13. The van der Waals surface area contributed by atoms with Crippen LogP contribution in [0.15, 0.2) is 30.3 Å². The van der Waals surface area contributed by atoms with Gasteiger partial charge in [-0.1, -0.05) is 30.3 Å². The van der Waals surface area contributed by atoms with E-state index in [1.54, 1.807) is 24.3 Å². The Kier molecular flexibility index (Phi) is 2.16. The average Bonchev–Trinajstić information content (AvgIpc) is 2.84. The van der Waals surface area contributed by atoms with E-state index in [9.17, 15) is 13.6 Å². The molecule has 2 fully saturated rings. The molecule has 0 spiro atoms. The second kappa shape index (κ2) is 3.41. The van der Waals surface area contributed by atoms with Crippen LogP contribution in [0.3, 0.4) is 0 Å². The van der Waals surface area contributed by atoms with E-state index in [0.29, 0.717) is 17.0 Å². The lowest BCUT2D eigenvalue weighted by molar-refractivity contribution is -0.150. The molecule has 1 aromatic rings. The predicted molar refractivity (Wildman–Crippen MR) is 60.9 cm³/mol. The van der Waals surface area contributed by atoms with E-state index < -0.39 is 23.7 Å². The zero-order valence-electron chi connectivity index (χ0n) is 9.57. The summed E-state index contributed by atoms with van der Waals surface area (Å²) < 4.78 is 28.1. The van der Waals surface area contributed by atoms with Crippen LogP contribution < -0.4 is 11.1 Å². The Morgan fingerprint density at radius 2 is 2.06 bits per heavy atom. The number of carbonyl (C=O) groups is 1. The molecule has 1 aromatic carbocycles. The van der Waals surface area contributed by atoms with Crippen LogP contribution in [0.4, 0.5) is 13.6 Å². The molecule has 2 bridgehead atoms. The lowest BCUT2D eigenvalue weighted by atomic mass is 9.89. The molecule has 2 heterocycles. The molecule has 2 amide bonds. The van der Waals surface area contributed by atoms with Crippen molar-refractivity contribution >= 4 is 6.03 Å². The number of nitrogens with zero attached hydrogens (tertiary/aromatic N) is 1. The first kappa shape index (κ1) is 11.4. The highest BCUT2D eigenvalue weighted by Gasteiger charge is 2.68. The van der Waals surface area contributed by atoms with Crippen molar-refractivity contribution in [2.45, 2.75) is 24.0 Å². The number of hydrogen-bond acceptors (Lipinski definition) is 2. The van der Waals surface area contributed by atoms with Crippen LogP contribution in [0.2, 0.25) is 0 Å². The number of benzene rings is 1. The Morgan fingerprint density at radius 3 is 2.67 bits per heavy atom. The maximum Gasteiger partial charge on any atom is 0.345 e. The molecule has 0 aromatic heterocycles. The molecule has 2 aliphatic heterocycles. The quantitative estimate of drug-likeness (QED) is 0.740. The second-order valence-corrected chi connectivity index (χ2v) is 4.80. The maximum atomic E-state index is 14.0. The molecule has 2 unspecified atom stereocenters. The van der Waals surface area contributed by atoms with E-state index in [-0.39, 0.29) is 6.42 Å². The number of urea groups is 1. The van der Waals surface area contributed by atoms with Crippen LogP contribution in [-0.4, -0.2) is 29.6 Å². The van der Waals surface area contributed by atoms with Crippen molar-refractivity contribution in [1.29, 1.82) is 0 Å². The van der Waals surface area contributed by atoms with E-state index >= 15 is 0 Å². The highest BCUT2D eigenvalue weighted by Crippen LogP contribution is 2.52. The summed E-state index contributed by atoms with van der Waals surface area (Å²) in [5.74, 6) is 0. The smallest absolute Gasteiger partial charge is 0.345 e. The first-order chi connectivity index (χ1) is 8.48. The Hall–Kier alpha value is -1.69. The number of fused-ring (bicyclic) bond motifs is 2. The van der Waals surface area contributed by atoms with Crippen LogP contribution in [0.5, 0.6) is 0 Å². The number of likely N-dealkylation sites (tertiary alicyclic amines) is 1. The first-order valence-electron chi connectivity index (χ1n) is 5.75. The lowest BCUT2D eigenvalue weighted by Crippen LogP contribution is -2.63. The van der Waals surface area contributed by atoms with Crippen LogP contribution >= 0.6 is 0 Å². The Bertz CT molecular complexity index is 493. The minimum atomic E-state index is -3.24. The summed E-state index contributed by atoms with van der Waals surface area (Å²) in [6.07, 6.45) is 0.187. The number of amides is 2. The summed E-state index contributed by atoms with van der Waals surface area (Å²) in [4.78, 5) is 12.0. The van der Waals surface area contributed by atoms with Gasteiger partial charge in [-0.15, -0.1) is 0 Å². The summed E-state index contributed by atoms with van der Waals surface area (Å²) in [6.45, 7) is 0.306. The lowest BCUT2D eigenvalue weighted by Gasteiger charge is -2.42. The van der Waals surface area contributed by atoms with Crippen molar-refractivity contribution in [3.63, 3.8) is 0 Å². The third-order valence-corrected chi connectivity index (χ3v) is 3.86. The summed E-state index contributed by atoms with van der Waals surface area (Å²) in [5.41, 5.74) is 4.83. The van der Waals surface area contributed by atoms with E-state index in [2.05, 4.69) is 5.32 Å². The van der Waals surface area contributed by atoms with Gasteiger partial charge in [-0.2, -0.15) is 8.78 Å². The number of halogens is 2. The van der Waals surface area contributed by atoms with Crippen molar-refractivity contribution in [1.82, 2.24) is 10.2 Å². The molecule has 2 aliphatic rings. The van der Waals surface area contributed by atoms with Crippen molar-refractivity contribution in [3.8, 4) is 0 Å². The molecule has 96 valence electrons. The largest absolute Gasteiger partial charge is 0.351 e. The van der Waals surface area contributed by atoms with Gasteiger partial charge in [-0.05, 0) is 12.0 Å². The SMILES string of the molecule is NC(=O)N1C2(c3ccccc3)CNC(C2)C1(F)F. The molecule has 0 radical (unpaired) electrons. The van der Waals surface area contributed by atoms with E-state index in [0.717, 1.165) is 0 Å². The molecule has 18 heavy (non-hydrogen) atoms. The van der Waals surface area contributed by atoms with E-state index in [1.165, 1.54) is 0 Å². The third kappa shape index (κ3) is 1.23. The molecular weight excluding hydrogens is 240 g/mol. The molecule has 6 heteroatoms. The second-order valence-electron chi connectivity index (χ2n) is 4.80. The van der Waals surface area contributed by atoms with Crippen LogP contribution in [0.25, 0.3) is 0 Å². The molecule has 4 nitrogen and oxygen atoms in total. The number of carbonyl (C=O) groups excluding carboxylic acids is 1. The highest BCUT2D eigenvalue weighted by molar-refractivity contribution is 5.75. The Labute approximate surface area is 103 Å². The topological polar surface area (TPSA) is 58.4 Å². The fraction of sp³-hybridized carbons (Fsp3) is 0.417. The third-order valence-electron chi connectivity index (χ3n) is 3.86. The van der Waals surface area contributed by atoms with Gasteiger partial charge in [-0.25, -0.2) is 4.79 Å². The first-order valence-corrected chi connectivity index (χ1v) is 5.75. The zero-order chi connectivity index (χ0) is 13.0. The van der Waals surface area contributed by atoms with Gasteiger partial charge in [0, 0.05) is 6.54 Å². The molecule has 0 saturated carbocycles. The standard InChI is InChI=1S/C12H13F2N3O/c13-12(14)9-6-11(7-16-9,17(12)10(15)18)8-4-2-1-3-5-8/h1-5,9,16H,6-7H2,(H2,15,18). The van der Waals surface area contributed by atoms with Crippen molar-refractivity contribution in [2.75, 3.05) is 6.54 Å². The number of nitrogens with one attached hydrogen (secondary N) is 1. The molecule has 2 atom stereocenters. The number of primary amides is 1. The highest BCUT2D eigenvalue weighted by atomic mass is 19.3. The molecule has 3 rings (SSSR count). The van der Waals surface area contributed by atoms with Crippen LogP contribution in [-0.2, 0) is 5.54 Å². The molecular formula is C12H13F2N3O. The number of nitrogens with two attached hydrogens (primary N) is 1. The number of hydrogen-bond donors (Lipinski definition) is 2. The minimum absolute atomic E-state index is 0.187. The Morgan fingerprint density at radius 1 is 1.39 bits per heavy atom. The van der Waals surface area contributed by atoms with Gasteiger partial charge in [0.2, 0.25) is 0 Å². The van der Waals surface area contributed by atoms with Gasteiger partial charge < -0.3 is 11.1 Å². The van der Waals surface area contributed by atoms with Gasteiger partial charge in [-0.3, -0.25) is 4.90 Å². The van der Waals surface area contributed by atoms with Crippen molar-refractivity contribution in [2.24, 2.45) is 5.73 Å². The summed E-state index contributed by atoms with van der Waals surface area (Å²) >= 11 is 0. The van der Waals surface area contributed by atoms with Gasteiger partial charge >= 0.3 is 12.1 Å². The van der Waals surface area contributed by atoms with Gasteiger partial charge in [0.1, 0.15) is 0 Å². The molecule has 2 saturated heterocycles. The number of rotatable bonds is 1. The maximum absolute atomic E-state index is 14.0. The number of alkyl halides is 2. The van der Waals surface area contributed by atoms with Crippen LogP contribution in [0.1, 0.15) is 12.0 Å². The van der Waals surface area contributed by atoms with Gasteiger partial charge in [0.15, 0.2) is 0 Å². The van der Waals surface area contributed by atoms with Crippen molar-refractivity contribution < 1.29 is 13.6 Å². The fourth-order valence-electron chi connectivity index (χ4n) is 3.09. The summed E-state index contributed by atoms with van der Waals surface area (Å²) in [5, 5.41) is 2.77.